The van der Waals surface area contributed by atoms with E-state index in [4.69, 9.17) is 14.2 Å². The molecule has 182 valence electrons. The van der Waals surface area contributed by atoms with Crippen LogP contribution in [-0.4, -0.2) is 47.9 Å². The van der Waals surface area contributed by atoms with Crippen LogP contribution in [0.5, 0.6) is 11.5 Å². The normalized spacial score (nSPS) is 14.8. The minimum Gasteiger partial charge on any atom is -0.492 e. The fourth-order valence-corrected chi connectivity index (χ4v) is 4.78. The van der Waals surface area contributed by atoms with E-state index in [0.717, 1.165) is 30.8 Å². The Morgan fingerprint density at radius 2 is 1.58 bits per heavy atom. The van der Waals surface area contributed by atoms with E-state index in [-0.39, 0.29) is 10.3 Å². The zero-order valence-electron chi connectivity index (χ0n) is 20.3. The Labute approximate surface area is 198 Å². The Balaban J connectivity index is 1.96. The lowest BCUT2D eigenvalue weighted by Gasteiger charge is -2.31. The lowest BCUT2D eigenvalue weighted by Crippen LogP contribution is -2.36. The Hall–Kier alpha value is -2.45. The van der Waals surface area contributed by atoms with Crippen LogP contribution in [0.25, 0.3) is 0 Å². The van der Waals surface area contributed by atoms with E-state index in [2.05, 4.69) is 30.4 Å². The van der Waals surface area contributed by atoms with Crippen LogP contribution in [0.2, 0.25) is 0 Å². The predicted molar refractivity (Wildman–Crippen MR) is 132 cm³/mol. The van der Waals surface area contributed by atoms with Crippen molar-refractivity contribution in [2.75, 3.05) is 49.1 Å². The number of morpholine rings is 1. The van der Waals surface area contributed by atoms with Gasteiger partial charge in [0.1, 0.15) is 11.5 Å². The predicted octanol–water partition coefficient (Wildman–Crippen LogP) is 4.81. The van der Waals surface area contributed by atoms with Gasteiger partial charge < -0.3 is 19.1 Å². The molecule has 0 bridgehead atoms. The summed E-state index contributed by atoms with van der Waals surface area (Å²) in [4.78, 5) is 2.37. The van der Waals surface area contributed by atoms with Crippen LogP contribution in [0.3, 0.4) is 0 Å². The van der Waals surface area contributed by atoms with Gasteiger partial charge in [-0.3, -0.25) is 4.72 Å². The van der Waals surface area contributed by atoms with Gasteiger partial charge in [-0.25, -0.2) is 8.42 Å². The van der Waals surface area contributed by atoms with E-state index in [0.29, 0.717) is 43.6 Å². The lowest BCUT2D eigenvalue weighted by molar-refractivity contribution is 0.122. The maximum absolute atomic E-state index is 13.2. The van der Waals surface area contributed by atoms with Gasteiger partial charge in [-0.1, -0.05) is 32.9 Å². The van der Waals surface area contributed by atoms with Crippen LogP contribution >= 0.6 is 0 Å². The van der Waals surface area contributed by atoms with Crippen molar-refractivity contribution in [2.45, 2.75) is 51.3 Å². The minimum atomic E-state index is -3.81. The molecule has 8 heteroatoms. The van der Waals surface area contributed by atoms with Crippen LogP contribution in [0.4, 0.5) is 11.4 Å². The number of nitrogens with one attached hydrogen (secondary N) is 1. The molecule has 1 heterocycles. The van der Waals surface area contributed by atoms with Crippen molar-refractivity contribution in [2.24, 2.45) is 0 Å². The Morgan fingerprint density at radius 3 is 2.15 bits per heavy atom. The van der Waals surface area contributed by atoms with E-state index in [1.165, 1.54) is 0 Å². The summed E-state index contributed by atoms with van der Waals surface area (Å²) in [5.74, 6) is 1.08. The third-order valence-electron chi connectivity index (χ3n) is 6.09. The molecule has 0 unspecified atom stereocenters. The molecule has 0 spiro atoms. The molecule has 7 nitrogen and oxygen atoms in total. The van der Waals surface area contributed by atoms with Crippen LogP contribution in [0, 0.1) is 0 Å². The summed E-state index contributed by atoms with van der Waals surface area (Å²) in [6, 6.07) is 10.6. The largest absolute Gasteiger partial charge is 0.492 e. The van der Waals surface area contributed by atoms with Crippen molar-refractivity contribution in [1.82, 2.24) is 0 Å². The van der Waals surface area contributed by atoms with E-state index in [1.54, 1.807) is 18.2 Å². The molecule has 1 N–H and O–H groups in total. The van der Waals surface area contributed by atoms with Crippen molar-refractivity contribution in [3.63, 3.8) is 0 Å². The summed E-state index contributed by atoms with van der Waals surface area (Å²) in [6.07, 6.45) is 0.963. The number of rotatable bonds is 10. The van der Waals surface area contributed by atoms with Crippen molar-refractivity contribution < 1.29 is 22.6 Å². The highest BCUT2D eigenvalue weighted by atomic mass is 32.2. The van der Waals surface area contributed by atoms with Crippen LogP contribution in [0.1, 0.15) is 46.6 Å². The van der Waals surface area contributed by atoms with Gasteiger partial charge in [-0.05, 0) is 43.4 Å². The average molecular weight is 477 g/mol. The van der Waals surface area contributed by atoms with Crippen molar-refractivity contribution >= 4 is 21.4 Å². The summed E-state index contributed by atoms with van der Waals surface area (Å²) >= 11 is 0. The average Bonchev–Trinajstić information content (AvgIpc) is 2.81. The van der Waals surface area contributed by atoms with Crippen molar-refractivity contribution in [3.8, 4) is 11.5 Å². The second kappa shape index (κ2) is 10.7. The van der Waals surface area contributed by atoms with Crippen molar-refractivity contribution in [3.05, 3.63) is 42.0 Å². The lowest BCUT2D eigenvalue weighted by atomic mass is 9.82. The summed E-state index contributed by atoms with van der Waals surface area (Å²) < 4.78 is 46.3. The number of benzene rings is 2. The molecule has 0 amide bonds. The van der Waals surface area contributed by atoms with Crippen molar-refractivity contribution in [1.29, 1.82) is 0 Å². The van der Waals surface area contributed by atoms with Crippen LogP contribution in [0.15, 0.2) is 41.3 Å². The van der Waals surface area contributed by atoms with Crippen LogP contribution < -0.4 is 19.1 Å². The highest BCUT2D eigenvalue weighted by Crippen LogP contribution is 2.40. The fraction of sp³-hybridized carbons (Fsp3) is 0.520. The van der Waals surface area contributed by atoms with E-state index < -0.39 is 10.0 Å². The maximum Gasteiger partial charge on any atom is 0.262 e. The Morgan fingerprint density at radius 1 is 0.970 bits per heavy atom. The number of ether oxygens (including phenoxy) is 3. The van der Waals surface area contributed by atoms with Gasteiger partial charge in [0, 0.05) is 25.2 Å². The molecule has 0 aromatic heterocycles. The standard InChI is InChI=1S/C25H36N2O5S/c1-6-25(4,5)19-9-11-20(12-10-19)33(28,29)26-21-17-24(32-8-3)22(18-23(21)31-7-2)27-13-15-30-16-14-27/h9-12,17-18,26H,6-8,13-16H2,1-5H3. The summed E-state index contributed by atoms with van der Waals surface area (Å²) in [5.41, 5.74) is 2.32. The Kier molecular flexibility index (Phi) is 8.13. The maximum atomic E-state index is 13.2. The Bertz CT molecular complexity index is 1030. The first kappa shape index (κ1) is 25.2. The third-order valence-corrected chi connectivity index (χ3v) is 7.47. The molecule has 2 aromatic rings. The smallest absolute Gasteiger partial charge is 0.262 e. The number of anilines is 2. The number of nitrogens with zero attached hydrogens (tertiary/aromatic N) is 1. The monoisotopic (exact) mass is 476 g/mol. The van der Waals surface area contributed by atoms with E-state index in [9.17, 15) is 8.42 Å². The van der Waals surface area contributed by atoms with Gasteiger partial charge in [-0.2, -0.15) is 0 Å². The second-order valence-electron chi connectivity index (χ2n) is 8.65. The molecular formula is C25H36N2O5S. The summed E-state index contributed by atoms with van der Waals surface area (Å²) in [7, 11) is -3.81. The molecule has 0 radical (unpaired) electrons. The van der Waals surface area contributed by atoms with Gasteiger partial charge in [0.05, 0.1) is 42.7 Å². The SMILES string of the molecule is CCOc1cc(N2CCOCC2)c(OCC)cc1NS(=O)(=O)c1ccc(C(C)(C)CC)cc1. The molecule has 0 atom stereocenters. The molecule has 1 fully saturated rings. The van der Waals surface area contributed by atoms with Gasteiger partial charge >= 0.3 is 0 Å². The molecule has 1 aliphatic rings. The summed E-state index contributed by atoms with van der Waals surface area (Å²) in [5, 5.41) is 0. The molecule has 1 saturated heterocycles. The number of hydrogen-bond donors (Lipinski definition) is 1. The second-order valence-corrected chi connectivity index (χ2v) is 10.3. The molecule has 1 aliphatic heterocycles. The van der Waals surface area contributed by atoms with Gasteiger partial charge in [-0.15, -0.1) is 0 Å². The van der Waals surface area contributed by atoms with Gasteiger partial charge in [0.2, 0.25) is 0 Å². The molecular weight excluding hydrogens is 440 g/mol. The summed E-state index contributed by atoms with van der Waals surface area (Å²) in [6.45, 7) is 13.8. The number of sulfonamides is 1. The molecule has 33 heavy (non-hydrogen) atoms. The van der Waals surface area contributed by atoms with E-state index >= 15 is 0 Å². The fourth-order valence-electron chi connectivity index (χ4n) is 3.72. The highest BCUT2D eigenvalue weighted by Gasteiger charge is 2.24. The molecule has 3 rings (SSSR count). The first-order chi connectivity index (χ1) is 15.7. The van der Waals surface area contributed by atoms with E-state index in [1.807, 2.05) is 32.0 Å². The topological polar surface area (TPSA) is 77.1 Å². The first-order valence-electron chi connectivity index (χ1n) is 11.6. The zero-order chi connectivity index (χ0) is 24.1. The minimum absolute atomic E-state index is 0.0143. The third kappa shape index (κ3) is 5.92. The molecule has 0 aliphatic carbocycles. The first-order valence-corrected chi connectivity index (χ1v) is 13.1. The zero-order valence-corrected chi connectivity index (χ0v) is 21.1. The number of hydrogen-bond acceptors (Lipinski definition) is 6. The molecule has 2 aromatic carbocycles. The molecule has 0 saturated carbocycles. The van der Waals surface area contributed by atoms with Gasteiger partial charge in [0.15, 0.2) is 0 Å². The van der Waals surface area contributed by atoms with Crippen LogP contribution in [-0.2, 0) is 20.2 Å². The quantitative estimate of drug-likeness (QED) is 0.530. The highest BCUT2D eigenvalue weighted by molar-refractivity contribution is 7.92. The van der Waals surface area contributed by atoms with Gasteiger partial charge in [0.25, 0.3) is 10.0 Å².